The van der Waals surface area contributed by atoms with Crippen LogP contribution in [0.5, 0.6) is 0 Å². The molecule has 3 aromatic rings. The Morgan fingerprint density at radius 2 is 2.00 bits per heavy atom. The molecular formula is C24H28N4OS. The highest BCUT2D eigenvalue weighted by molar-refractivity contribution is 7.09. The summed E-state index contributed by atoms with van der Waals surface area (Å²) in [5.74, 6) is 0. The lowest BCUT2D eigenvalue weighted by Crippen LogP contribution is -2.14. The van der Waals surface area contributed by atoms with Crippen molar-refractivity contribution in [3.05, 3.63) is 76.1 Å². The Hall–Kier alpha value is -2.96. The van der Waals surface area contributed by atoms with Crippen molar-refractivity contribution < 1.29 is 4.84 Å². The van der Waals surface area contributed by atoms with Crippen LogP contribution in [0.3, 0.4) is 0 Å². The Bertz CT molecular complexity index is 1030. The highest BCUT2D eigenvalue weighted by atomic mass is 32.1. The number of nitrogens with zero attached hydrogens (tertiary/aromatic N) is 3. The Kier molecular flexibility index (Phi) is 7.38. The second-order valence-corrected chi connectivity index (χ2v) is 8.08. The molecule has 0 unspecified atom stereocenters. The molecule has 0 fully saturated rings. The summed E-state index contributed by atoms with van der Waals surface area (Å²) in [6.45, 7) is 11.6. The van der Waals surface area contributed by atoms with Crippen LogP contribution in [0.25, 0.3) is 17.0 Å². The third-order valence-corrected chi connectivity index (χ3v) is 5.60. The van der Waals surface area contributed by atoms with E-state index in [9.17, 15) is 0 Å². The van der Waals surface area contributed by atoms with Crippen molar-refractivity contribution in [3.8, 4) is 11.3 Å². The van der Waals surface area contributed by atoms with Gasteiger partial charge in [0.2, 0.25) is 0 Å². The number of hydrogen-bond acceptors (Lipinski definition) is 5. The van der Waals surface area contributed by atoms with Crippen LogP contribution in [0, 0.1) is 13.8 Å². The van der Waals surface area contributed by atoms with Gasteiger partial charge >= 0.3 is 0 Å². The third kappa shape index (κ3) is 5.55. The number of nitrogens with one attached hydrogen (secondary N) is 1. The normalized spacial score (nSPS) is 11.1. The van der Waals surface area contributed by atoms with E-state index in [0.29, 0.717) is 6.61 Å². The van der Waals surface area contributed by atoms with Crippen LogP contribution >= 0.6 is 11.3 Å². The summed E-state index contributed by atoms with van der Waals surface area (Å²) in [5.41, 5.74) is 9.92. The molecule has 0 aliphatic rings. The molecule has 0 radical (unpaired) electrons. The predicted octanol–water partition coefficient (Wildman–Crippen LogP) is 5.73. The maximum Gasteiger partial charge on any atom is 0.126 e. The van der Waals surface area contributed by atoms with Gasteiger partial charge in [-0.15, -0.1) is 11.3 Å². The van der Waals surface area contributed by atoms with Gasteiger partial charge in [-0.1, -0.05) is 36.9 Å². The molecule has 6 heteroatoms. The zero-order chi connectivity index (χ0) is 21.5. The van der Waals surface area contributed by atoms with E-state index < -0.39 is 0 Å². The number of rotatable bonds is 9. The number of hydroxylamine groups is 1. The van der Waals surface area contributed by atoms with Gasteiger partial charge in [0.25, 0.3) is 0 Å². The van der Waals surface area contributed by atoms with E-state index in [-0.39, 0.29) is 0 Å². The summed E-state index contributed by atoms with van der Waals surface area (Å²) < 4.78 is 0. The van der Waals surface area contributed by atoms with Gasteiger partial charge in [0, 0.05) is 30.1 Å². The summed E-state index contributed by atoms with van der Waals surface area (Å²) in [4.78, 5) is 16.9. The fourth-order valence-electron chi connectivity index (χ4n) is 2.87. The summed E-state index contributed by atoms with van der Waals surface area (Å²) in [7, 11) is 2.01. The highest BCUT2D eigenvalue weighted by Crippen LogP contribution is 2.26. The van der Waals surface area contributed by atoms with Crippen LogP contribution in [-0.2, 0) is 11.4 Å². The standard InChI is InChI=1S/C24H28N4OS/c1-6-28(5)16-25-22-13-17(2)21(12-18(22)3)19(4)27-29-14-24-26-23(15-30-24)20-10-8-7-9-11-20/h7-13,15-16,27H,4,6,14H2,1-3,5H3. The molecule has 1 N–H and O–H groups in total. The SMILES string of the molecule is C=C(NOCc1nc(-c2ccccc2)cs1)c1cc(C)c(N=CN(C)CC)cc1C. The van der Waals surface area contributed by atoms with E-state index in [0.717, 1.165) is 50.9 Å². The van der Waals surface area contributed by atoms with Crippen LogP contribution in [0.4, 0.5) is 5.69 Å². The highest BCUT2D eigenvalue weighted by Gasteiger charge is 2.09. The zero-order valence-corrected chi connectivity index (χ0v) is 18.8. The van der Waals surface area contributed by atoms with E-state index >= 15 is 0 Å². The molecule has 5 nitrogen and oxygen atoms in total. The monoisotopic (exact) mass is 420 g/mol. The van der Waals surface area contributed by atoms with Gasteiger partial charge in [-0.3, -0.25) is 10.3 Å². The molecule has 2 aromatic carbocycles. The van der Waals surface area contributed by atoms with Crippen LogP contribution in [0.15, 0.2) is 59.4 Å². The Labute approximate surface area is 182 Å². The fourth-order valence-corrected chi connectivity index (χ4v) is 3.58. The second kappa shape index (κ2) is 10.2. The van der Waals surface area contributed by atoms with E-state index in [4.69, 9.17) is 4.84 Å². The summed E-state index contributed by atoms with van der Waals surface area (Å²) >= 11 is 1.58. The van der Waals surface area contributed by atoms with Gasteiger partial charge in [-0.2, -0.15) is 0 Å². The van der Waals surface area contributed by atoms with Gasteiger partial charge in [0.15, 0.2) is 0 Å². The van der Waals surface area contributed by atoms with Crippen molar-refractivity contribution in [3.63, 3.8) is 0 Å². The van der Waals surface area contributed by atoms with Gasteiger partial charge in [-0.25, -0.2) is 9.98 Å². The van der Waals surface area contributed by atoms with Crippen molar-refractivity contribution in [1.82, 2.24) is 15.4 Å². The third-order valence-electron chi connectivity index (χ3n) is 4.77. The lowest BCUT2D eigenvalue weighted by Gasteiger charge is -2.14. The largest absolute Gasteiger partial charge is 0.366 e. The smallest absolute Gasteiger partial charge is 0.126 e. The summed E-state index contributed by atoms with van der Waals surface area (Å²) in [5, 5.41) is 2.96. The zero-order valence-electron chi connectivity index (χ0n) is 18.0. The number of thiazole rings is 1. The van der Waals surface area contributed by atoms with Crippen LogP contribution in [-0.4, -0.2) is 29.8 Å². The molecule has 0 aliphatic carbocycles. The fraction of sp³-hybridized carbons (Fsp3) is 0.250. The van der Waals surface area contributed by atoms with Crippen LogP contribution < -0.4 is 5.48 Å². The molecule has 156 valence electrons. The first-order valence-corrected chi connectivity index (χ1v) is 10.8. The Morgan fingerprint density at radius 3 is 2.73 bits per heavy atom. The first-order chi connectivity index (χ1) is 14.5. The number of hydrogen-bond donors (Lipinski definition) is 1. The molecule has 1 aromatic heterocycles. The molecule has 0 spiro atoms. The first-order valence-electron chi connectivity index (χ1n) is 9.90. The molecule has 0 aliphatic heterocycles. The molecule has 0 atom stereocenters. The maximum atomic E-state index is 5.67. The molecule has 0 amide bonds. The van der Waals surface area contributed by atoms with Gasteiger partial charge < -0.3 is 4.90 Å². The van der Waals surface area contributed by atoms with Crippen molar-refractivity contribution in [2.24, 2.45) is 4.99 Å². The summed E-state index contributed by atoms with van der Waals surface area (Å²) in [6.07, 6.45) is 1.86. The lowest BCUT2D eigenvalue weighted by molar-refractivity contribution is 0.0647. The minimum atomic E-state index is 0.375. The van der Waals surface area contributed by atoms with Crippen molar-refractivity contribution in [2.45, 2.75) is 27.4 Å². The van der Waals surface area contributed by atoms with Crippen molar-refractivity contribution >= 4 is 29.1 Å². The average Bonchev–Trinajstić information content (AvgIpc) is 3.23. The molecule has 0 bridgehead atoms. The summed E-state index contributed by atoms with van der Waals surface area (Å²) in [6, 6.07) is 14.3. The molecular weight excluding hydrogens is 392 g/mol. The second-order valence-electron chi connectivity index (χ2n) is 7.13. The minimum absolute atomic E-state index is 0.375. The molecule has 0 saturated heterocycles. The molecule has 0 saturated carbocycles. The van der Waals surface area contributed by atoms with E-state index in [1.54, 1.807) is 11.3 Å². The molecule has 3 rings (SSSR count). The Balaban J connectivity index is 1.59. The average molecular weight is 421 g/mol. The lowest BCUT2D eigenvalue weighted by atomic mass is 10.0. The van der Waals surface area contributed by atoms with E-state index in [1.165, 1.54) is 0 Å². The number of aliphatic imine (C=N–C) groups is 1. The van der Waals surface area contributed by atoms with Crippen LogP contribution in [0.2, 0.25) is 0 Å². The number of aryl methyl sites for hydroxylation is 2. The maximum absolute atomic E-state index is 5.67. The van der Waals surface area contributed by atoms with Crippen molar-refractivity contribution in [2.75, 3.05) is 13.6 Å². The van der Waals surface area contributed by atoms with Gasteiger partial charge in [0.1, 0.15) is 11.6 Å². The van der Waals surface area contributed by atoms with Gasteiger partial charge in [-0.05, 0) is 44.0 Å². The molecule has 30 heavy (non-hydrogen) atoms. The van der Waals surface area contributed by atoms with E-state index in [1.807, 2.05) is 41.9 Å². The van der Waals surface area contributed by atoms with Crippen molar-refractivity contribution in [1.29, 1.82) is 0 Å². The first kappa shape index (κ1) is 21.7. The number of aromatic nitrogens is 1. The van der Waals surface area contributed by atoms with Gasteiger partial charge in [0.05, 0.1) is 23.4 Å². The van der Waals surface area contributed by atoms with E-state index in [2.05, 4.69) is 67.1 Å². The molecule has 1 heterocycles. The quantitative estimate of drug-likeness (QED) is 0.273. The number of benzene rings is 2. The minimum Gasteiger partial charge on any atom is -0.366 e. The van der Waals surface area contributed by atoms with Crippen LogP contribution in [0.1, 0.15) is 28.6 Å². The predicted molar refractivity (Wildman–Crippen MR) is 127 cm³/mol. The Morgan fingerprint density at radius 1 is 1.23 bits per heavy atom. The topological polar surface area (TPSA) is 49.8 Å².